The molecule has 83 heavy (non-hydrogen) atoms. The Labute approximate surface area is 474 Å². The molecule has 37 nitrogen and oxygen atoms in total. The Balaban J connectivity index is 1.10. The Bertz CT molecular complexity index is 2040. The lowest BCUT2D eigenvalue weighted by molar-refractivity contribution is -0.398. The summed E-state index contributed by atoms with van der Waals surface area (Å²) in [6.07, 6.45) is -74.0. The lowest BCUT2D eigenvalue weighted by Crippen LogP contribution is -2.69. The third-order valence-corrected chi connectivity index (χ3v) is 16.0. The molecule has 14 bridgehead atoms. The molecule has 1 unspecified atom stereocenters. The molecule has 37 atom stereocenters. The molecule has 21 saturated heterocycles. The minimum Gasteiger partial charge on any atom is -0.480 e. The number of hydrogen-bond acceptors (Lipinski definition) is 37. The van der Waals surface area contributed by atoms with Crippen LogP contribution in [0.2, 0.25) is 0 Å². The zero-order valence-corrected chi connectivity index (χ0v) is 44.5. The fourth-order valence-electron chi connectivity index (χ4n) is 10.9. The van der Waals surface area contributed by atoms with E-state index in [1.54, 1.807) is 0 Å². The number of rotatable bonds is 10. The molecule has 21 aliphatic rings. The van der Waals surface area contributed by atoms with Crippen molar-refractivity contribution in [3.63, 3.8) is 0 Å². The first-order chi connectivity index (χ1) is 39.3. The molecule has 21 rings (SSSR count). The molecule has 0 aliphatic carbocycles. The van der Waals surface area contributed by atoms with E-state index in [9.17, 15) is 112 Å². The molecule has 38 heteroatoms. The van der Waals surface area contributed by atoms with Gasteiger partial charge in [0.1, 0.15) is 177 Å². The quantitative estimate of drug-likeness (QED) is 0.0713. The van der Waals surface area contributed by atoms with Gasteiger partial charge >= 0.3 is 5.97 Å². The molecule has 21 fully saturated rings. The maximum absolute atomic E-state index is 12.0. The van der Waals surface area contributed by atoms with Crippen molar-refractivity contribution < 1.29 is 178 Å². The van der Waals surface area contributed by atoms with Crippen LogP contribution in [0.4, 0.5) is 0 Å². The average molecular weight is 1240 g/mol. The summed E-state index contributed by atoms with van der Waals surface area (Å²) in [6.45, 7) is -4.13. The van der Waals surface area contributed by atoms with Gasteiger partial charge in [0, 0.05) is 5.75 Å². The van der Waals surface area contributed by atoms with Gasteiger partial charge in [-0.25, -0.2) is 0 Å². The highest BCUT2D eigenvalue weighted by atomic mass is 32.1. The van der Waals surface area contributed by atoms with Gasteiger partial charge in [0.15, 0.2) is 44.0 Å². The maximum Gasteiger partial charge on any atom is 0.321 e. The standard InChI is InChI=1S/C45H75NO36S/c1-8-29-15(52)22(59)39(69-8)81-35-21(58)28(65)45(82-36(35)37(66)46-9(7-83)38(67)68)80-34-14(6-51)74-44(27(64)20(34)57)79-33-13(5-50)73-43(26(63)19(33)56)78-32-12(4-49)72-42(25(62)18(32)55)77-31-11(3-48)71-41(24(61)17(31)54)76-30-10(2-47)70-40(75-29)23(60)16(30)53/h8-37,39-66,83H,2-7H2,1H3,(H,67,68)/t8-,9+,10-,11-,12-,13-,14-,15-,16-,17-,18-,19-,20-,21-,22-,23-,24-,25-,26-,27-,28-,29-,30-,31-,32-,33-,34-,35+,36+,37?,39-,40-,41-,42-,43-,44-,45+/m1/s1. The van der Waals surface area contributed by atoms with E-state index in [0.717, 1.165) is 0 Å². The molecule has 0 radical (unpaired) electrons. The van der Waals surface area contributed by atoms with Crippen molar-refractivity contribution >= 4 is 18.6 Å². The van der Waals surface area contributed by atoms with Crippen LogP contribution in [0, 0.1) is 0 Å². The number of ether oxygens (including phenoxy) is 14. The third kappa shape index (κ3) is 13.6. The summed E-state index contributed by atoms with van der Waals surface area (Å²) >= 11 is 3.96. The van der Waals surface area contributed by atoms with Gasteiger partial charge in [0.2, 0.25) is 0 Å². The van der Waals surface area contributed by atoms with E-state index in [4.69, 9.17) is 66.3 Å². The Morgan fingerprint density at radius 1 is 0.361 bits per heavy atom. The van der Waals surface area contributed by atoms with Crippen molar-refractivity contribution in [3.8, 4) is 0 Å². The smallest absolute Gasteiger partial charge is 0.321 e. The van der Waals surface area contributed by atoms with E-state index in [1.807, 2.05) is 0 Å². The molecule has 0 spiro atoms. The molecular weight excluding hydrogens is 1160 g/mol. The average Bonchev–Trinajstić information content (AvgIpc) is 3.67. The van der Waals surface area contributed by atoms with Crippen molar-refractivity contribution in [3.05, 3.63) is 0 Å². The van der Waals surface area contributed by atoms with Crippen LogP contribution in [-0.4, -0.2) is 379 Å². The van der Waals surface area contributed by atoms with Crippen LogP contribution in [0.3, 0.4) is 0 Å². The molecule has 0 aromatic heterocycles. The fraction of sp³-hybridized carbons (Fsp3) is 0.978. The van der Waals surface area contributed by atoms with E-state index in [-0.39, 0.29) is 0 Å². The first-order valence-electron chi connectivity index (χ1n) is 26.4. The summed E-state index contributed by atoms with van der Waals surface area (Å²) in [6, 6.07) is -1.66. The van der Waals surface area contributed by atoms with Crippen LogP contribution in [0.15, 0.2) is 0 Å². The summed E-state index contributed by atoms with van der Waals surface area (Å²) in [5.74, 6) is -2.04. The second-order valence-corrected chi connectivity index (χ2v) is 21.4. The maximum atomic E-state index is 12.0. The van der Waals surface area contributed by atoms with Gasteiger partial charge in [-0.1, -0.05) is 0 Å². The molecule has 0 aromatic rings. The molecular formula is C45H75NO36S. The highest BCUT2D eigenvalue weighted by Crippen LogP contribution is 2.39. The van der Waals surface area contributed by atoms with E-state index in [0.29, 0.717) is 0 Å². The number of carbonyl (C=O) groups is 1. The number of thiol groups is 1. The number of carboxylic acid groups (broad SMARTS) is 1. The predicted molar refractivity (Wildman–Crippen MR) is 254 cm³/mol. The van der Waals surface area contributed by atoms with Gasteiger partial charge in [-0.15, -0.1) is 0 Å². The van der Waals surface area contributed by atoms with Crippen molar-refractivity contribution in [2.24, 2.45) is 0 Å². The SMILES string of the molecule is C[C@H]1O[C@@H]2O[C@H]3[C@H](O)[C@@H](O)[C@@H](O[C@H]4[C@H](O)[C@@H](O)[C@@H](O[C@H]5[C@H](O)[C@@H](O)[C@@H](O[C@H]6[C@H](O)[C@@H](O)[C@@H](O[C@H]7[C@H](O)[C@@H](O)[C@@H](O[C@H]8[C@H](O)[C@@H](O)[C@@H](O[C@H]1[C@H](O)[C@H]2O)O[C@@H]8CO)O[C@@H]7CO)O[C@@H]6CO)O[C@@H]5CO)O[C@@H]4CO)O[C@@H]3C(O)N[C@@H](CS)C(=O)O. The van der Waals surface area contributed by atoms with Gasteiger partial charge in [-0.05, 0) is 6.92 Å². The van der Waals surface area contributed by atoms with Crippen LogP contribution >= 0.6 is 12.6 Å². The lowest BCUT2D eigenvalue weighted by Gasteiger charge is -2.50. The van der Waals surface area contributed by atoms with Gasteiger partial charge in [-0.2, -0.15) is 12.6 Å². The summed E-state index contributed by atoms with van der Waals surface area (Å²) in [4.78, 5) is 12.0. The highest BCUT2D eigenvalue weighted by Gasteiger charge is 2.60. The number of aliphatic hydroxyl groups excluding tert-OH is 20. The Morgan fingerprint density at radius 3 is 0.855 bits per heavy atom. The lowest BCUT2D eigenvalue weighted by atomic mass is 9.94. The Hall–Kier alpha value is -1.58. The van der Waals surface area contributed by atoms with Crippen LogP contribution < -0.4 is 5.32 Å². The van der Waals surface area contributed by atoms with Crippen LogP contribution in [0.5, 0.6) is 0 Å². The van der Waals surface area contributed by atoms with Crippen molar-refractivity contribution in [1.29, 1.82) is 0 Å². The normalized spacial score (nSPS) is 53.0. The van der Waals surface area contributed by atoms with Gasteiger partial charge in [-0.3, -0.25) is 10.1 Å². The number of hydrogen-bond donors (Lipinski definition) is 23. The number of aliphatic carboxylic acids is 1. The molecule has 0 saturated carbocycles. The largest absolute Gasteiger partial charge is 0.480 e. The first-order valence-corrected chi connectivity index (χ1v) is 27.0. The van der Waals surface area contributed by atoms with Crippen molar-refractivity contribution in [1.82, 2.24) is 5.32 Å². The van der Waals surface area contributed by atoms with Gasteiger partial charge in [0.05, 0.1) is 39.1 Å². The second kappa shape index (κ2) is 28.5. The molecule has 0 amide bonds. The topological polar surface area (TPSA) is 583 Å². The van der Waals surface area contributed by atoms with Crippen molar-refractivity contribution in [2.75, 3.05) is 38.8 Å². The minimum atomic E-state index is -2.34. The zero-order chi connectivity index (χ0) is 60.8. The van der Waals surface area contributed by atoms with Gasteiger partial charge < -0.3 is 174 Å². The summed E-state index contributed by atoms with van der Waals surface area (Å²) in [7, 11) is 0. The fourth-order valence-corrected chi connectivity index (χ4v) is 11.2. The number of carboxylic acids is 1. The number of aliphatic hydroxyl groups is 20. The highest BCUT2D eigenvalue weighted by molar-refractivity contribution is 7.80. The van der Waals surface area contributed by atoms with Crippen molar-refractivity contribution in [2.45, 2.75) is 234 Å². The molecule has 0 aromatic carbocycles. The second-order valence-electron chi connectivity index (χ2n) is 21.1. The Morgan fingerprint density at radius 2 is 0.590 bits per heavy atom. The van der Waals surface area contributed by atoms with E-state index in [2.05, 4.69) is 17.9 Å². The minimum absolute atomic E-state index is 0.477. The van der Waals surface area contributed by atoms with Crippen LogP contribution in [-0.2, 0) is 71.1 Å². The molecule has 21 heterocycles. The summed E-state index contributed by atoms with van der Waals surface area (Å²) < 4.78 is 80.3. The number of nitrogens with one attached hydrogen (secondary N) is 1. The molecule has 21 aliphatic heterocycles. The van der Waals surface area contributed by atoms with E-state index < -0.39 is 272 Å². The summed E-state index contributed by atoms with van der Waals surface area (Å²) in [5, 5.41) is 235. The van der Waals surface area contributed by atoms with E-state index >= 15 is 0 Å². The van der Waals surface area contributed by atoms with Crippen LogP contribution in [0.25, 0.3) is 0 Å². The molecule has 22 N–H and O–H groups in total. The zero-order valence-electron chi connectivity index (χ0n) is 43.6. The predicted octanol–water partition coefficient (Wildman–Crippen LogP) is -14.9. The van der Waals surface area contributed by atoms with Gasteiger partial charge in [0.25, 0.3) is 0 Å². The first kappa shape index (κ1) is 67.4. The van der Waals surface area contributed by atoms with E-state index in [1.165, 1.54) is 6.92 Å². The monoisotopic (exact) mass is 1240 g/mol. The molecule has 482 valence electrons. The van der Waals surface area contributed by atoms with Crippen LogP contribution in [0.1, 0.15) is 6.92 Å². The third-order valence-electron chi connectivity index (χ3n) is 15.7. The Kier molecular flexibility index (Phi) is 23.1. The summed E-state index contributed by atoms with van der Waals surface area (Å²) in [5.41, 5.74) is 0.